The van der Waals surface area contributed by atoms with E-state index in [4.69, 9.17) is 14.2 Å². The van der Waals surface area contributed by atoms with Crippen LogP contribution in [-0.4, -0.2) is 20.3 Å². The molecule has 32 heavy (non-hydrogen) atoms. The molecule has 1 N–H and O–H groups in total. The molecule has 2 unspecified atom stereocenters. The molecule has 0 amide bonds. The normalized spacial score (nSPS) is 20.8. The highest BCUT2D eigenvalue weighted by atomic mass is 35.5. The van der Waals surface area contributed by atoms with Gasteiger partial charge in [-0.05, 0) is 65.8 Å². The van der Waals surface area contributed by atoms with Gasteiger partial charge in [0.1, 0.15) is 12.4 Å². The standard InChI is InChI=1S/C27H29NO3.ClH/c1-29-26-14-20-10-13-24(23(20)16-27(26)30-2)28-25-15-22(25)19-8-11-21(12-9-19)31-17-18-6-4-3-5-7-18;/h3-9,11-12,14,16,22,24-25,28H,10,13,15,17H2,1-2H3;1H/t22?,24?,25-;/m0./s1. The third-order valence-corrected chi connectivity index (χ3v) is 6.49. The molecule has 0 heterocycles. The summed E-state index contributed by atoms with van der Waals surface area (Å²) in [6, 6.07) is 24.1. The lowest BCUT2D eigenvalue weighted by molar-refractivity contribution is 0.306. The zero-order valence-electron chi connectivity index (χ0n) is 18.5. The van der Waals surface area contributed by atoms with Crippen LogP contribution in [0.5, 0.6) is 17.2 Å². The Labute approximate surface area is 196 Å². The van der Waals surface area contributed by atoms with Crippen molar-refractivity contribution < 1.29 is 14.2 Å². The highest BCUT2D eigenvalue weighted by Crippen LogP contribution is 2.45. The zero-order valence-corrected chi connectivity index (χ0v) is 19.4. The summed E-state index contributed by atoms with van der Waals surface area (Å²) in [7, 11) is 3.40. The minimum Gasteiger partial charge on any atom is -0.493 e. The molecule has 5 rings (SSSR count). The van der Waals surface area contributed by atoms with Gasteiger partial charge in [-0.25, -0.2) is 0 Å². The number of benzene rings is 3. The Morgan fingerprint density at radius 3 is 2.34 bits per heavy atom. The van der Waals surface area contributed by atoms with Crippen LogP contribution >= 0.6 is 12.4 Å². The molecule has 1 fully saturated rings. The number of nitrogens with one attached hydrogen (secondary N) is 1. The first kappa shape index (κ1) is 22.5. The Balaban J connectivity index is 0.00000245. The van der Waals surface area contributed by atoms with Gasteiger partial charge in [0.2, 0.25) is 0 Å². The summed E-state index contributed by atoms with van der Waals surface area (Å²) in [6.07, 6.45) is 3.39. The monoisotopic (exact) mass is 451 g/mol. The second-order valence-electron chi connectivity index (χ2n) is 8.46. The second-order valence-corrected chi connectivity index (χ2v) is 8.46. The molecule has 1 saturated carbocycles. The first-order valence-corrected chi connectivity index (χ1v) is 11.0. The van der Waals surface area contributed by atoms with Gasteiger partial charge in [0.25, 0.3) is 0 Å². The molecule has 0 radical (unpaired) electrons. The van der Waals surface area contributed by atoms with Gasteiger partial charge < -0.3 is 19.5 Å². The van der Waals surface area contributed by atoms with Crippen molar-refractivity contribution in [3.63, 3.8) is 0 Å². The van der Waals surface area contributed by atoms with Crippen LogP contribution in [0, 0.1) is 0 Å². The maximum atomic E-state index is 5.92. The number of aryl methyl sites for hydroxylation is 1. The van der Waals surface area contributed by atoms with Gasteiger partial charge in [0.15, 0.2) is 11.5 Å². The molecule has 0 spiro atoms. The minimum absolute atomic E-state index is 0. The van der Waals surface area contributed by atoms with E-state index in [0.717, 1.165) is 30.1 Å². The van der Waals surface area contributed by atoms with E-state index < -0.39 is 0 Å². The minimum atomic E-state index is 0. The molecule has 5 heteroatoms. The number of hydrogen-bond acceptors (Lipinski definition) is 4. The van der Waals surface area contributed by atoms with Gasteiger partial charge in [0.05, 0.1) is 14.2 Å². The first-order chi connectivity index (χ1) is 15.2. The number of rotatable bonds is 8. The van der Waals surface area contributed by atoms with Gasteiger partial charge in [-0.3, -0.25) is 0 Å². The summed E-state index contributed by atoms with van der Waals surface area (Å²) >= 11 is 0. The van der Waals surface area contributed by atoms with Crippen LogP contribution in [0.4, 0.5) is 0 Å². The Morgan fingerprint density at radius 1 is 0.906 bits per heavy atom. The number of fused-ring (bicyclic) bond motifs is 1. The molecule has 0 bridgehead atoms. The van der Waals surface area contributed by atoms with E-state index in [2.05, 4.69) is 53.8 Å². The average Bonchev–Trinajstić information content (AvgIpc) is 3.49. The predicted molar refractivity (Wildman–Crippen MR) is 129 cm³/mol. The van der Waals surface area contributed by atoms with E-state index in [0.29, 0.717) is 24.6 Å². The van der Waals surface area contributed by atoms with Gasteiger partial charge in [-0.15, -0.1) is 12.4 Å². The van der Waals surface area contributed by atoms with Crippen LogP contribution in [0.3, 0.4) is 0 Å². The lowest BCUT2D eigenvalue weighted by Gasteiger charge is -2.16. The van der Waals surface area contributed by atoms with Crippen LogP contribution < -0.4 is 19.5 Å². The number of ether oxygens (including phenoxy) is 3. The van der Waals surface area contributed by atoms with Crippen molar-refractivity contribution in [2.24, 2.45) is 0 Å². The summed E-state index contributed by atoms with van der Waals surface area (Å²) in [6.45, 7) is 0.600. The number of hydrogen-bond donors (Lipinski definition) is 1. The molecule has 3 aromatic rings. The van der Waals surface area contributed by atoms with Gasteiger partial charge in [0, 0.05) is 18.0 Å². The quantitative estimate of drug-likeness (QED) is 0.467. The largest absolute Gasteiger partial charge is 0.493 e. The summed E-state index contributed by atoms with van der Waals surface area (Å²) < 4.78 is 16.9. The number of halogens is 1. The van der Waals surface area contributed by atoms with Crippen LogP contribution in [0.15, 0.2) is 66.7 Å². The summed E-state index contributed by atoms with van der Waals surface area (Å²) in [5.74, 6) is 3.13. The topological polar surface area (TPSA) is 39.7 Å². The Hall–Kier alpha value is -2.69. The highest BCUT2D eigenvalue weighted by molar-refractivity contribution is 5.85. The van der Waals surface area contributed by atoms with E-state index in [-0.39, 0.29) is 12.4 Å². The Morgan fingerprint density at radius 2 is 1.62 bits per heavy atom. The molecule has 0 saturated heterocycles. The van der Waals surface area contributed by atoms with Crippen molar-refractivity contribution >= 4 is 12.4 Å². The number of methoxy groups -OCH3 is 2. The summed E-state index contributed by atoms with van der Waals surface area (Å²) in [5.41, 5.74) is 5.29. The second kappa shape index (κ2) is 9.85. The lowest BCUT2D eigenvalue weighted by atomic mass is 10.1. The highest BCUT2D eigenvalue weighted by Gasteiger charge is 2.40. The van der Waals surface area contributed by atoms with Crippen LogP contribution in [0.1, 0.15) is 47.1 Å². The molecule has 2 aliphatic carbocycles. The van der Waals surface area contributed by atoms with Gasteiger partial charge in [-0.1, -0.05) is 42.5 Å². The predicted octanol–water partition coefficient (Wildman–Crippen LogP) is 5.84. The molecular weight excluding hydrogens is 422 g/mol. The molecule has 2 aliphatic rings. The third kappa shape index (κ3) is 4.72. The summed E-state index contributed by atoms with van der Waals surface area (Å²) in [5, 5.41) is 3.88. The molecule has 3 atom stereocenters. The maximum absolute atomic E-state index is 5.92. The Bertz CT molecular complexity index is 1040. The average molecular weight is 452 g/mol. The van der Waals surface area contributed by atoms with E-state index >= 15 is 0 Å². The van der Waals surface area contributed by atoms with Crippen molar-refractivity contribution in [3.05, 3.63) is 89.0 Å². The van der Waals surface area contributed by atoms with Crippen LogP contribution in [0.25, 0.3) is 0 Å². The van der Waals surface area contributed by atoms with Crippen molar-refractivity contribution in [3.8, 4) is 17.2 Å². The van der Waals surface area contributed by atoms with Crippen LogP contribution in [0.2, 0.25) is 0 Å². The lowest BCUT2D eigenvalue weighted by Crippen LogP contribution is -2.22. The smallest absolute Gasteiger partial charge is 0.161 e. The SMILES string of the molecule is COc1cc2c(cc1OC)C(N[C@H]1CC1c1ccc(OCc3ccccc3)cc1)CC2.Cl. The van der Waals surface area contributed by atoms with E-state index in [1.54, 1.807) is 14.2 Å². The fourth-order valence-electron chi connectivity index (χ4n) is 4.66. The van der Waals surface area contributed by atoms with Crippen molar-refractivity contribution in [2.45, 2.75) is 43.9 Å². The van der Waals surface area contributed by atoms with E-state index in [1.807, 2.05) is 18.2 Å². The molecule has 3 aromatic carbocycles. The van der Waals surface area contributed by atoms with E-state index in [1.165, 1.54) is 28.7 Å². The Kier molecular flexibility index (Phi) is 6.92. The van der Waals surface area contributed by atoms with Crippen LogP contribution in [-0.2, 0) is 13.0 Å². The van der Waals surface area contributed by atoms with E-state index in [9.17, 15) is 0 Å². The zero-order chi connectivity index (χ0) is 21.2. The fourth-order valence-corrected chi connectivity index (χ4v) is 4.66. The molecule has 168 valence electrons. The van der Waals surface area contributed by atoms with Crippen molar-refractivity contribution in [2.75, 3.05) is 14.2 Å². The molecular formula is C27H30ClNO3. The van der Waals surface area contributed by atoms with Gasteiger partial charge >= 0.3 is 0 Å². The molecule has 0 aliphatic heterocycles. The molecule has 4 nitrogen and oxygen atoms in total. The van der Waals surface area contributed by atoms with Crippen molar-refractivity contribution in [1.82, 2.24) is 5.32 Å². The molecule has 0 aromatic heterocycles. The van der Waals surface area contributed by atoms with Gasteiger partial charge in [-0.2, -0.15) is 0 Å². The third-order valence-electron chi connectivity index (χ3n) is 6.49. The van der Waals surface area contributed by atoms with Crippen molar-refractivity contribution in [1.29, 1.82) is 0 Å². The fraction of sp³-hybridized carbons (Fsp3) is 0.333. The summed E-state index contributed by atoms with van der Waals surface area (Å²) in [4.78, 5) is 0. The first-order valence-electron chi connectivity index (χ1n) is 11.0. The maximum Gasteiger partial charge on any atom is 0.161 e.